The van der Waals surface area contributed by atoms with E-state index < -0.39 is 11.6 Å². The third-order valence-corrected chi connectivity index (χ3v) is 3.81. The summed E-state index contributed by atoms with van der Waals surface area (Å²) in [5, 5.41) is 15.6. The number of nitro groups is 1. The normalized spacial score (nSPS) is 19.1. The third-order valence-electron chi connectivity index (χ3n) is 2.91. The minimum absolute atomic E-state index is 0.0774. The van der Waals surface area contributed by atoms with Crippen molar-refractivity contribution in [2.45, 2.75) is 6.04 Å². The van der Waals surface area contributed by atoms with Gasteiger partial charge in [0.15, 0.2) is 0 Å². The summed E-state index contributed by atoms with van der Waals surface area (Å²) in [7, 11) is 0. The summed E-state index contributed by atoms with van der Waals surface area (Å²) in [6, 6.07) is 1.14. The van der Waals surface area contributed by atoms with Crippen molar-refractivity contribution in [1.82, 2.24) is 10.2 Å². The van der Waals surface area contributed by atoms with Gasteiger partial charge < -0.3 is 5.32 Å². The summed E-state index contributed by atoms with van der Waals surface area (Å²) in [4.78, 5) is 12.2. The largest absolute Gasteiger partial charge is 0.324 e. The average molecular weight is 259 g/mol. The van der Waals surface area contributed by atoms with Crippen molar-refractivity contribution >= 4 is 16.3 Å². The van der Waals surface area contributed by atoms with Gasteiger partial charge in [0.1, 0.15) is 6.67 Å². The van der Waals surface area contributed by atoms with E-state index in [1.165, 1.54) is 6.07 Å². The number of hydrogen-bond acceptors (Lipinski definition) is 5. The lowest BCUT2D eigenvalue weighted by Crippen LogP contribution is -2.45. The van der Waals surface area contributed by atoms with Gasteiger partial charge in [0.05, 0.1) is 11.0 Å². The Bertz CT molecular complexity index is 393. The molecular formula is C10H14FN3O2S. The summed E-state index contributed by atoms with van der Waals surface area (Å²) in [6.07, 6.45) is 0. The van der Waals surface area contributed by atoms with Gasteiger partial charge in [-0.3, -0.25) is 15.0 Å². The van der Waals surface area contributed by atoms with Crippen molar-refractivity contribution in [3.63, 3.8) is 0 Å². The Morgan fingerprint density at radius 3 is 2.82 bits per heavy atom. The summed E-state index contributed by atoms with van der Waals surface area (Å²) >= 11 is 1.06. The molecule has 1 aliphatic heterocycles. The van der Waals surface area contributed by atoms with Crippen LogP contribution in [0.1, 0.15) is 11.6 Å². The number of thiophene rings is 1. The van der Waals surface area contributed by atoms with Crippen molar-refractivity contribution in [3.8, 4) is 0 Å². The molecule has 0 saturated carbocycles. The molecule has 5 nitrogen and oxygen atoms in total. The topological polar surface area (TPSA) is 58.4 Å². The highest BCUT2D eigenvalue weighted by atomic mass is 32.1. The first-order valence-electron chi connectivity index (χ1n) is 5.46. The van der Waals surface area contributed by atoms with Gasteiger partial charge in [0.2, 0.25) is 0 Å². The molecule has 1 aromatic heterocycles. The van der Waals surface area contributed by atoms with Gasteiger partial charge in [-0.2, -0.15) is 0 Å². The summed E-state index contributed by atoms with van der Waals surface area (Å²) < 4.78 is 13.1. The first-order chi connectivity index (χ1) is 8.22. The molecule has 1 N–H and O–H groups in total. The highest BCUT2D eigenvalue weighted by molar-refractivity contribution is 7.13. The SMILES string of the molecule is O=[N+]([O-])c1cc([C@H](CF)N2CCNCC2)cs1. The molecule has 2 heterocycles. The number of alkyl halides is 1. The van der Waals surface area contributed by atoms with Gasteiger partial charge in [-0.1, -0.05) is 11.3 Å². The molecule has 17 heavy (non-hydrogen) atoms. The molecule has 0 unspecified atom stereocenters. The molecular weight excluding hydrogens is 245 g/mol. The summed E-state index contributed by atoms with van der Waals surface area (Å²) in [5.74, 6) is 0. The molecule has 1 aliphatic rings. The van der Waals surface area contributed by atoms with Crippen molar-refractivity contribution in [3.05, 3.63) is 27.1 Å². The van der Waals surface area contributed by atoms with Crippen LogP contribution in [0.5, 0.6) is 0 Å². The number of nitrogens with one attached hydrogen (secondary N) is 1. The molecule has 0 radical (unpaired) electrons. The van der Waals surface area contributed by atoms with Crippen molar-refractivity contribution in [2.75, 3.05) is 32.9 Å². The van der Waals surface area contributed by atoms with Gasteiger partial charge in [-0.25, -0.2) is 4.39 Å². The molecule has 1 fully saturated rings. The van der Waals surface area contributed by atoms with Crippen LogP contribution in [0.4, 0.5) is 9.39 Å². The zero-order valence-electron chi connectivity index (χ0n) is 9.26. The smallest absolute Gasteiger partial charge is 0.314 e. The van der Waals surface area contributed by atoms with Gasteiger partial charge in [-0.05, 0) is 5.56 Å². The van der Waals surface area contributed by atoms with Crippen LogP contribution < -0.4 is 5.32 Å². The van der Waals surface area contributed by atoms with E-state index in [2.05, 4.69) is 5.32 Å². The predicted octanol–water partition coefficient (Wildman–Crippen LogP) is 1.57. The lowest BCUT2D eigenvalue weighted by Gasteiger charge is -2.32. The zero-order chi connectivity index (χ0) is 12.3. The van der Waals surface area contributed by atoms with Gasteiger partial charge in [0.25, 0.3) is 0 Å². The number of halogens is 1. The molecule has 2 rings (SSSR count). The van der Waals surface area contributed by atoms with E-state index in [4.69, 9.17) is 0 Å². The molecule has 7 heteroatoms. The summed E-state index contributed by atoms with van der Waals surface area (Å²) in [6.45, 7) is 2.72. The maximum absolute atomic E-state index is 13.1. The minimum atomic E-state index is -0.506. The van der Waals surface area contributed by atoms with E-state index in [1.54, 1.807) is 5.38 Å². The van der Waals surface area contributed by atoms with Crippen LogP contribution in [0.2, 0.25) is 0 Å². The van der Waals surface area contributed by atoms with E-state index >= 15 is 0 Å². The molecule has 0 aliphatic carbocycles. The van der Waals surface area contributed by atoms with Gasteiger partial charge >= 0.3 is 5.00 Å². The van der Waals surface area contributed by atoms with E-state index in [1.807, 2.05) is 4.90 Å². The monoisotopic (exact) mass is 259 g/mol. The fourth-order valence-electron chi connectivity index (χ4n) is 2.00. The minimum Gasteiger partial charge on any atom is -0.314 e. The maximum Gasteiger partial charge on any atom is 0.324 e. The number of hydrogen-bond donors (Lipinski definition) is 1. The lowest BCUT2D eigenvalue weighted by atomic mass is 10.1. The molecule has 0 spiro atoms. The Balaban J connectivity index is 2.12. The van der Waals surface area contributed by atoms with Crippen molar-refractivity contribution in [2.24, 2.45) is 0 Å². The molecule has 0 bridgehead atoms. The zero-order valence-corrected chi connectivity index (χ0v) is 10.1. The highest BCUT2D eigenvalue weighted by Crippen LogP contribution is 2.30. The highest BCUT2D eigenvalue weighted by Gasteiger charge is 2.24. The van der Waals surface area contributed by atoms with E-state index in [0.29, 0.717) is 5.56 Å². The van der Waals surface area contributed by atoms with Crippen molar-refractivity contribution in [1.29, 1.82) is 0 Å². The van der Waals surface area contributed by atoms with E-state index in [-0.39, 0.29) is 11.0 Å². The van der Waals surface area contributed by atoms with Crippen LogP contribution in [0, 0.1) is 10.1 Å². The fourth-order valence-corrected chi connectivity index (χ4v) is 2.77. The Morgan fingerprint density at radius 2 is 2.29 bits per heavy atom. The Kier molecular flexibility index (Phi) is 4.03. The molecule has 1 saturated heterocycles. The average Bonchev–Trinajstić information content (AvgIpc) is 2.81. The second-order valence-electron chi connectivity index (χ2n) is 3.93. The fraction of sp³-hybridized carbons (Fsp3) is 0.600. The predicted molar refractivity (Wildman–Crippen MR) is 64.1 cm³/mol. The standard InChI is InChI=1S/C10H14FN3O2S/c11-6-9(13-3-1-12-2-4-13)8-5-10(14(15)16)17-7-8/h5,7,9,12H,1-4,6H2/t9-/m0/s1. The lowest BCUT2D eigenvalue weighted by molar-refractivity contribution is -0.380. The van der Waals surface area contributed by atoms with Gasteiger partial charge in [-0.15, -0.1) is 0 Å². The van der Waals surface area contributed by atoms with Crippen LogP contribution in [-0.2, 0) is 0 Å². The van der Waals surface area contributed by atoms with E-state index in [9.17, 15) is 14.5 Å². The van der Waals surface area contributed by atoms with Crippen LogP contribution in [0.15, 0.2) is 11.4 Å². The number of nitrogens with zero attached hydrogens (tertiary/aromatic N) is 2. The van der Waals surface area contributed by atoms with Crippen LogP contribution in [0.25, 0.3) is 0 Å². The van der Waals surface area contributed by atoms with Gasteiger partial charge in [0, 0.05) is 37.6 Å². The first kappa shape index (κ1) is 12.4. The molecule has 1 atom stereocenters. The first-order valence-corrected chi connectivity index (χ1v) is 6.34. The van der Waals surface area contributed by atoms with Crippen LogP contribution in [0.3, 0.4) is 0 Å². The number of piperazine rings is 1. The van der Waals surface area contributed by atoms with Crippen LogP contribution in [-0.4, -0.2) is 42.7 Å². The molecule has 1 aromatic rings. The quantitative estimate of drug-likeness (QED) is 0.658. The second-order valence-corrected chi connectivity index (χ2v) is 4.82. The Morgan fingerprint density at radius 1 is 1.59 bits per heavy atom. The maximum atomic E-state index is 13.1. The molecule has 0 aromatic carbocycles. The Labute approximate surface area is 102 Å². The summed E-state index contributed by atoms with van der Waals surface area (Å²) in [5.41, 5.74) is 0.714. The third kappa shape index (κ3) is 2.80. The Hall–Kier alpha value is -1.05. The van der Waals surface area contributed by atoms with E-state index in [0.717, 1.165) is 37.5 Å². The van der Waals surface area contributed by atoms with Crippen molar-refractivity contribution < 1.29 is 9.31 Å². The number of rotatable bonds is 4. The molecule has 94 valence electrons. The second kappa shape index (κ2) is 5.52. The molecule has 0 amide bonds. The van der Waals surface area contributed by atoms with Crippen LogP contribution >= 0.6 is 11.3 Å².